The van der Waals surface area contributed by atoms with Gasteiger partial charge in [-0.25, -0.2) is 9.78 Å². The lowest BCUT2D eigenvalue weighted by atomic mass is 9.98. The second kappa shape index (κ2) is 8.89. The molecule has 0 unspecified atom stereocenters. The number of anilines is 1. The number of rotatable bonds is 4. The number of hydrogen-bond acceptors (Lipinski definition) is 6. The fraction of sp³-hybridized carbons (Fsp3) is 0.348. The summed E-state index contributed by atoms with van der Waals surface area (Å²) in [5.74, 6) is 0.0657. The summed E-state index contributed by atoms with van der Waals surface area (Å²) in [6.45, 7) is 5.96. The predicted octanol–water partition coefficient (Wildman–Crippen LogP) is 5.72. The zero-order chi connectivity index (χ0) is 22.1. The standard InChI is InChI=1S/C23H23Cl2N3O3/c1-3-31-23(30)15-12-26-19-5-4-18(14-10-16(24)22(29)17(25)11-14)27-20(19)21(15)28-8-6-13(2)7-9-28/h4-5,10-13,29H,3,6-9H2,1-2H3. The molecule has 6 nitrogen and oxygen atoms in total. The second-order valence-corrected chi connectivity index (χ2v) is 8.58. The Kier molecular flexibility index (Phi) is 6.21. The summed E-state index contributed by atoms with van der Waals surface area (Å²) in [7, 11) is 0. The molecule has 8 heteroatoms. The van der Waals surface area contributed by atoms with Gasteiger partial charge in [0, 0.05) is 24.8 Å². The third-order valence-corrected chi connectivity index (χ3v) is 6.17. The molecule has 1 aromatic carbocycles. The van der Waals surface area contributed by atoms with Gasteiger partial charge in [0.1, 0.15) is 11.1 Å². The van der Waals surface area contributed by atoms with Crippen LogP contribution in [-0.2, 0) is 4.74 Å². The van der Waals surface area contributed by atoms with Crippen molar-refractivity contribution < 1.29 is 14.6 Å². The highest BCUT2D eigenvalue weighted by Gasteiger charge is 2.25. The van der Waals surface area contributed by atoms with Crippen molar-refractivity contribution in [2.24, 2.45) is 5.92 Å². The molecule has 0 radical (unpaired) electrons. The largest absolute Gasteiger partial charge is 0.505 e. The van der Waals surface area contributed by atoms with E-state index in [1.54, 1.807) is 25.3 Å². The summed E-state index contributed by atoms with van der Waals surface area (Å²) in [6, 6.07) is 6.90. The smallest absolute Gasteiger partial charge is 0.341 e. The van der Waals surface area contributed by atoms with Crippen LogP contribution in [0.2, 0.25) is 10.0 Å². The zero-order valence-electron chi connectivity index (χ0n) is 17.4. The molecule has 3 heterocycles. The van der Waals surface area contributed by atoms with Gasteiger partial charge in [0.05, 0.1) is 33.6 Å². The number of pyridine rings is 2. The summed E-state index contributed by atoms with van der Waals surface area (Å²) >= 11 is 12.2. The van der Waals surface area contributed by atoms with Gasteiger partial charge in [0.15, 0.2) is 5.75 Å². The van der Waals surface area contributed by atoms with E-state index in [1.165, 1.54) is 0 Å². The molecule has 0 spiro atoms. The van der Waals surface area contributed by atoms with Gasteiger partial charge < -0.3 is 14.7 Å². The van der Waals surface area contributed by atoms with Gasteiger partial charge in [0.25, 0.3) is 0 Å². The molecule has 0 atom stereocenters. The van der Waals surface area contributed by atoms with Crippen LogP contribution in [0.3, 0.4) is 0 Å². The number of carbonyl (C=O) groups is 1. The van der Waals surface area contributed by atoms with Crippen LogP contribution < -0.4 is 4.90 Å². The first-order chi connectivity index (χ1) is 14.9. The second-order valence-electron chi connectivity index (χ2n) is 7.76. The highest BCUT2D eigenvalue weighted by atomic mass is 35.5. The Bertz CT molecular complexity index is 1120. The Labute approximate surface area is 190 Å². The van der Waals surface area contributed by atoms with Crippen LogP contribution in [0.5, 0.6) is 5.75 Å². The topological polar surface area (TPSA) is 75.5 Å². The first-order valence-electron chi connectivity index (χ1n) is 10.3. The van der Waals surface area contributed by atoms with E-state index in [4.69, 9.17) is 32.9 Å². The Morgan fingerprint density at radius 2 is 1.90 bits per heavy atom. The molecule has 1 N–H and O–H groups in total. The Morgan fingerprint density at radius 3 is 2.55 bits per heavy atom. The fourth-order valence-electron chi connectivity index (χ4n) is 3.84. The SMILES string of the molecule is CCOC(=O)c1cnc2ccc(-c3cc(Cl)c(O)c(Cl)c3)nc2c1N1CCC(C)CC1. The van der Waals surface area contributed by atoms with E-state index in [-0.39, 0.29) is 22.4 Å². The molecule has 4 rings (SSSR count). The first kappa shape index (κ1) is 21.7. The molecular weight excluding hydrogens is 437 g/mol. The molecule has 1 aliphatic heterocycles. The van der Waals surface area contributed by atoms with Crippen LogP contribution in [0.25, 0.3) is 22.3 Å². The molecule has 162 valence electrons. The van der Waals surface area contributed by atoms with E-state index in [2.05, 4.69) is 16.8 Å². The molecule has 31 heavy (non-hydrogen) atoms. The number of carbonyl (C=O) groups excluding carboxylic acids is 1. The van der Waals surface area contributed by atoms with Gasteiger partial charge in [-0.3, -0.25) is 4.98 Å². The van der Waals surface area contributed by atoms with Crippen molar-refractivity contribution in [3.05, 3.63) is 46.1 Å². The van der Waals surface area contributed by atoms with Crippen LogP contribution in [0.4, 0.5) is 5.69 Å². The third-order valence-electron chi connectivity index (χ3n) is 5.59. The molecule has 0 bridgehead atoms. The van der Waals surface area contributed by atoms with Crippen LogP contribution in [0.15, 0.2) is 30.5 Å². The number of hydrogen-bond donors (Lipinski definition) is 1. The number of fused-ring (bicyclic) bond motifs is 1. The first-order valence-corrected chi connectivity index (χ1v) is 11.0. The Hall–Kier alpha value is -2.57. The van der Waals surface area contributed by atoms with E-state index >= 15 is 0 Å². The average Bonchev–Trinajstić information content (AvgIpc) is 2.76. The van der Waals surface area contributed by atoms with E-state index in [0.29, 0.717) is 33.8 Å². The summed E-state index contributed by atoms with van der Waals surface area (Å²) in [5, 5.41) is 10.2. The lowest BCUT2D eigenvalue weighted by Gasteiger charge is -2.33. The van der Waals surface area contributed by atoms with Crippen LogP contribution >= 0.6 is 23.2 Å². The van der Waals surface area contributed by atoms with Gasteiger partial charge in [-0.05, 0) is 49.9 Å². The van der Waals surface area contributed by atoms with E-state index < -0.39 is 5.97 Å². The molecule has 0 aliphatic carbocycles. The maximum absolute atomic E-state index is 12.7. The predicted molar refractivity (Wildman–Crippen MR) is 123 cm³/mol. The minimum atomic E-state index is -0.409. The molecule has 1 saturated heterocycles. The van der Waals surface area contributed by atoms with Crippen LogP contribution in [0.1, 0.15) is 37.0 Å². The van der Waals surface area contributed by atoms with E-state index in [9.17, 15) is 9.90 Å². The summed E-state index contributed by atoms with van der Waals surface area (Å²) in [5.41, 5.74) is 3.74. The molecule has 1 fully saturated rings. The Morgan fingerprint density at radius 1 is 1.23 bits per heavy atom. The summed E-state index contributed by atoms with van der Waals surface area (Å²) in [6.07, 6.45) is 3.65. The lowest BCUT2D eigenvalue weighted by molar-refractivity contribution is 0.0526. The van der Waals surface area contributed by atoms with Crippen molar-refractivity contribution in [1.82, 2.24) is 9.97 Å². The van der Waals surface area contributed by atoms with Crippen molar-refractivity contribution in [3.8, 4) is 17.0 Å². The van der Waals surface area contributed by atoms with Crippen molar-refractivity contribution in [2.45, 2.75) is 26.7 Å². The van der Waals surface area contributed by atoms with Gasteiger partial charge in [-0.2, -0.15) is 0 Å². The molecule has 3 aromatic rings. The number of ether oxygens (including phenoxy) is 1. The maximum Gasteiger partial charge on any atom is 0.341 e. The number of halogens is 2. The van der Waals surface area contributed by atoms with E-state index in [0.717, 1.165) is 31.6 Å². The number of phenols is 1. The van der Waals surface area contributed by atoms with Crippen molar-refractivity contribution in [3.63, 3.8) is 0 Å². The van der Waals surface area contributed by atoms with Gasteiger partial charge >= 0.3 is 5.97 Å². The summed E-state index contributed by atoms with van der Waals surface area (Å²) < 4.78 is 5.29. The molecular formula is C23H23Cl2N3O3. The highest BCUT2D eigenvalue weighted by Crippen LogP contribution is 2.38. The quantitative estimate of drug-likeness (QED) is 0.502. The van der Waals surface area contributed by atoms with Crippen molar-refractivity contribution in [1.29, 1.82) is 0 Å². The normalized spacial score (nSPS) is 14.8. The minimum absolute atomic E-state index is 0.146. The van der Waals surface area contributed by atoms with Crippen molar-refractivity contribution >= 4 is 45.9 Å². The third kappa shape index (κ3) is 4.27. The number of piperidine rings is 1. The van der Waals surface area contributed by atoms with Crippen molar-refractivity contribution in [2.75, 3.05) is 24.6 Å². The molecule has 0 saturated carbocycles. The number of nitrogens with zero attached hydrogens (tertiary/aromatic N) is 3. The van der Waals surface area contributed by atoms with Crippen LogP contribution in [0, 0.1) is 5.92 Å². The molecule has 1 aliphatic rings. The maximum atomic E-state index is 12.7. The number of aromatic nitrogens is 2. The number of phenolic OH excluding ortho intramolecular Hbond substituents is 1. The van der Waals surface area contributed by atoms with Crippen LogP contribution in [-0.4, -0.2) is 40.7 Å². The van der Waals surface area contributed by atoms with Gasteiger partial charge in [-0.1, -0.05) is 30.1 Å². The number of benzene rings is 1. The molecule has 0 amide bonds. The monoisotopic (exact) mass is 459 g/mol. The lowest BCUT2D eigenvalue weighted by Crippen LogP contribution is -2.34. The average molecular weight is 460 g/mol. The summed E-state index contributed by atoms with van der Waals surface area (Å²) in [4.78, 5) is 24.2. The minimum Gasteiger partial charge on any atom is -0.505 e. The highest BCUT2D eigenvalue weighted by molar-refractivity contribution is 6.37. The molecule has 2 aromatic heterocycles. The number of aromatic hydroxyl groups is 1. The van der Waals surface area contributed by atoms with E-state index in [1.807, 2.05) is 12.1 Å². The Balaban J connectivity index is 1.90. The van der Waals surface area contributed by atoms with Gasteiger partial charge in [0.2, 0.25) is 0 Å². The van der Waals surface area contributed by atoms with Gasteiger partial charge in [-0.15, -0.1) is 0 Å². The number of esters is 1. The fourth-order valence-corrected chi connectivity index (χ4v) is 4.32. The zero-order valence-corrected chi connectivity index (χ0v) is 18.9.